The molecule has 0 unspecified atom stereocenters. The Bertz CT molecular complexity index is 382. The van der Waals surface area contributed by atoms with Crippen molar-refractivity contribution in [1.82, 2.24) is 0 Å². The molecule has 14 heavy (non-hydrogen) atoms. The van der Waals surface area contributed by atoms with Crippen molar-refractivity contribution in [3.63, 3.8) is 0 Å². The number of nitro groups is 1. The first-order chi connectivity index (χ1) is 6.43. The highest BCUT2D eigenvalue weighted by molar-refractivity contribution is 9.10. The predicted octanol–water partition coefficient (Wildman–Crippen LogP) is 2.14. The standard InChI is InChI=1S/C8H7BrN2O3/c1-4(12)5-2-8(11(13)14)6(9)3-7(5)10/h2-3H,10H2,1H3. The van der Waals surface area contributed by atoms with Crippen molar-refractivity contribution in [3.8, 4) is 0 Å². The fourth-order valence-corrected chi connectivity index (χ4v) is 1.53. The number of carbonyl (C=O) groups excluding carboxylic acids is 1. The number of Topliss-reactive ketones (excluding diaryl/α,β-unsaturated/α-hetero) is 1. The van der Waals surface area contributed by atoms with E-state index in [2.05, 4.69) is 15.9 Å². The summed E-state index contributed by atoms with van der Waals surface area (Å²) in [6, 6.07) is 2.52. The van der Waals surface area contributed by atoms with E-state index >= 15 is 0 Å². The maximum atomic E-state index is 11.0. The largest absolute Gasteiger partial charge is 0.398 e. The van der Waals surface area contributed by atoms with Crippen molar-refractivity contribution in [2.75, 3.05) is 5.73 Å². The van der Waals surface area contributed by atoms with Gasteiger partial charge in [-0.3, -0.25) is 14.9 Å². The second kappa shape index (κ2) is 3.75. The highest BCUT2D eigenvalue weighted by atomic mass is 79.9. The van der Waals surface area contributed by atoms with Crippen LogP contribution < -0.4 is 5.73 Å². The molecule has 2 N–H and O–H groups in total. The summed E-state index contributed by atoms with van der Waals surface area (Å²) >= 11 is 3.00. The topological polar surface area (TPSA) is 86.2 Å². The van der Waals surface area contributed by atoms with Gasteiger partial charge in [-0.25, -0.2) is 0 Å². The van der Waals surface area contributed by atoms with Gasteiger partial charge in [-0.05, 0) is 28.9 Å². The molecule has 0 bridgehead atoms. The van der Waals surface area contributed by atoms with Crippen LogP contribution in [0.5, 0.6) is 0 Å². The van der Waals surface area contributed by atoms with E-state index in [9.17, 15) is 14.9 Å². The van der Waals surface area contributed by atoms with E-state index < -0.39 is 4.92 Å². The van der Waals surface area contributed by atoms with Crippen molar-refractivity contribution in [2.24, 2.45) is 0 Å². The number of nitro benzene ring substituents is 1. The lowest BCUT2D eigenvalue weighted by Crippen LogP contribution is -2.01. The molecule has 6 heteroatoms. The summed E-state index contributed by atoms with van der Waals surface area (Å²) in [5.41, 5.74) is 5.75. The number of hydrogen-bond donors (Lipinski definition) is 1. The average Bonchev–Trinajstić information content (AvgIpc) is 2.02. The van der Waals surface area contributed by atoms with Gasteiger partial charge in [-0.1, -0.05) is 0 Å². The molecule has 0 aromatic heterocycles. The summed E-state index contributed by atoms with van der Waals surface area (Å²) < 4.78 is 0.269. The van der Waals surface area contributed by atoms with Crippen molar-refractivity contribution in [2.45, 2.75) is 6.92 Å². The minimum Gasteiger partial charge on any atom is -0.398 e. The minimum atomic E-state index is -0.573. The molecule has 1 rings (SSSR count). The first-order valence-electron chi connectivity index (χ1n) is 3.68. The summed E-state index contributed by atoms with van der Waals surface area (Å²) in [5, 5.41) is 10.5. The quantitative estimate of drug-likeness (QED) is 0.381. The Kier molecular flexibility index (Phi) is 2.85. The molecule has 1 aromatic carbocycles. The average molecular weight is 259 g/mol. The molecule has 0 radical (unpaired) electrons. The van der Waals surface area contributed by atoms with E-state index in [1.54, 1.807) is 0 Å². The van der Waals surface area contributed by atoms with Crippen LogP contribution in [0.15, 0.2) is 16.6 Å². The van der Waals surface area contributed by atoms with E-state index in [0.29, 0.717) is 0 Å². The first-order valence-corrected chi connectivity index (χ1v) is 4.47. The number of anilines is 1. The Morgan fingerprint density at radius 2 is 2.14 bits per heavy atom. The normalized spacial score (nSPS) is 9.86. The Morgan fingerprint density at radius 3 is 2.57 bits per heavy atom. The molecule has 0 heterocycles. The van der Waals surface area contributed by atoms with E-state index in [4.69, 9.17) is 5.73 Å². The highest BCUT2D eigenvalue weighted by Gasteiger charge is 2.16. The van der Waals surface area contributed by atoms with E-state index in [-0.39, 0.29) is 27.2 Å². The van der Waals surface area contributed by atoms with Gasteiger partial charge in [0.1, 0.15) is 0 Å². The molecular weight excluding hydrogens is 252 g/mol. The fourth-order valence-electron chi connectivity index (χ4n) is 1.02. The molecule has 0 fully saturated rings. The molecule has 0 aliphatic rings. The van der Waals surface area contributed by atoms with Crippen LogP contribution in [0.25, 0.3) is 0 Å². The molecular formula is C8H7BrN2O3. The number of nitrogens with zero attached hydrogens (tertiary/aromatic N) is 1. The fraction of sp³-hybridized carbons (Fsp3) is 0.125. The molecule has 0 atom stereocenters. The van der Waals surface area contributed by atoms with Crippen molar-refractivity contribution >= 4 is 33.1 Å². The van der Waals surface area contributed by atoms with Gasteiger partial charge in [0.2, 0.25) is 0 Å². The third-order valence-corrected chi connectivity index (χ3v) is 2.33. The summed E-state index contributed by atoms with van der Waals surface area (Å²) in [4.78, 5) is 21.0. The zero-order valence-corrected chi connectivity index (χ0v) is 8.87. The molecule has 0 saturated carbocycles. The third kappa shape index (κ3) is 1.90. The molecule has 0 amide bonds. The van der Waals surface area contributed by atoms with Crippen LogP contribution in [-0.2, 0) is 0 Å². The van der Waals surface area contributed by atoms with Crippen LogP contribution in [0.1, 0.15) is 17.3 Å². The van der Waals surface area contributed by atoms with Gasteiger partial charge in [0.25, 0.3) is 5.69 Å². The number of rotatable bonds is 2. The predicted molar refractivity (Wildman–Crippen MR) is 55.2 cm³/mol. The Balaban J connectivity index is 3.42. The Hall–Kier alpha value is -1.43. The maximum Gasteiger partial charge on any atom is 0.284 e. The van der Waals surface area contributed by atoms with Crippen LogP contribution in [0.4, 0.5) is 11.4 Å². The lowest BCUT2D eigenvalue weighted by atomic mass is 10.1. The van der Waals surface area contributed by atoms with E-state index in [1.165, 1.54) is 19.1 Å². The SMILES string of the molecule is CC(=O)c1cc([N+](=O)[O-])c(Br)cc1N. The number of ketones is 1. The monoisotopic (exact) mass is 258 g/mol. The van der Waals surface area contributed by atoms with Crippen LogP contribution in [0.3, 0.4) is 0 Å². The van der Waals surface area contributed by atoms with E-state index in [0.717, 1.165) is 0 Å². The summed E-state index contributed by atoms with van der Waals surface area (Å²) in [6.07, 6.45) is 0. The Labute approximate surface area is 88.2 Å². The van der Waals surface area contributed by atoms with Gasteiger partial charge < -0.3 is 5.73 Å². The minimum absolute atomic E-state index is 0.163. The van der Waals surface area contributed by atoms with Gasteiger partial charge in [0.05, 0.1) is 9.40 Å². The second-order valence-corrected chi connectivity index (χ2v) is 3.56. The van der Waals surface area contributed by atoms with Crippen molar-refractivity contribution in [1.29, 1.82) is 0 Å². The third-order valence-electron chi connectivity index (χ3n) is 1.69. The number of carbonyl (C=O) groups is 1. The Morgan fingerprint density at radius 1 is 1.57 bits per heavy atom. The van der Waals surface area contributed by atoms with Gasteiger partial charge in [0, 0.05) is 17.3 Å². The zero-order chi connectivity index (χ0) is 10.9. The molecule has 74 valence electrons. The zero-order valence-electron chi connectivity index (χ0n) is 7.28. The smallest absolute Gasteiger partial charge is 0.284 e. The lowest BCUT2D eigenvalue weighted by molar-refractivity contribution is -0.385. The van der Waals surface area contributed by atoms with Crippen LogP contribution in [0.2, 0.25) is 0 Å². The molecule has 0 aliphatic carbocycles. The number of nitrogen functional groups attached to an aromatic ring is 1. The maximum absolute atomic E-state index is 11.0. The van der Waals surface area contributed by atoms with Gasteiger partial charge in [-0.15, -0.1) is 0 Å². The van der Waals surface area contributed by atoms with Gasteiger partial charge in [-0.2, -0.15) is 0 Å². The van der Waals surface area contributed by atoms with Crippen molar-refractivity contribution in [3.05, 3.63) is 32.3 Å². The van der Waals surface area contributed by atoms with Crippen LogP contribution in [0, 0.1) is 10.1 Å². The molecule has 0 spiro atoms. The van der Waals surface area contributed by atoms with Crippen LogP contribution >= 0.6 is 15.9 Å². The molecule has 0 aliphatic heterocycles. The lowest BCUT2D eigenvalue weighted by Gasteiger charge is -2.02. The first kappa shape index (κ1) is 10.6. The van der Waals surface area contributed by atoms with Gasteiger partial charge >= 0.3 is 0 Å². The van der Waals surface area contributed by atoms with Crippen molar-refractivity contribution < 1.29 is 9.72 Å². The summed E-state index contributed by atoms with van der Waals surface area (Å²) in [5.74, 6) is -0.293. The van der Waals surface area contributed by atoms with Gasteiger partial charge in [0.15, 0.2) is 5.78 Å². The van der Waals surface area contributed by atoms with E-state index in [1.807, 2.05) is 0 Å². The summed E-state index contributed by atoms with van der Waals surface area (Å²) in [7, 11) is 0. The molecule has 0 saturated heterocycles. The van der Waals surface area contributed by atoms with Crippen LogP contribution in [-0.4, -0.2) is 10.7 Å². The molecule has 5 nitrogen and oxygen atoms in total. The number of nitrogens with two attached hydrogens (primary N) is 1. The second-order valence-electron chi connectivity index (χ2n) is 2.70. The number of halogens is 1. The number of benzene rings is 1. The molecule has 1 aromatic rings. The summed E-state index contributed by atoms with van der Waals surface area (Å²) in [6.45, 7) is 1.31. The highest BCUT2D eigenvalue weighted by Crippen LogP contribution is 2.29. The number of hydrogen-bond acceptors (Lipinski definition) is 4.